The summed E-state index contributed by atoms with van der Waals surface area (Å²) >= 11 is 0. The highest BCUT2D eigenvalue weighted by Gasteiger charge is 2.18. The van der Waals surface area contributed by atoms with Crippen LogP contribution in [0.15, 0.2) is 48.7 Å². The fourth-order valence-corrected chi connectivity index (χ4v) is 3.58. The van der Waals surface area contributed by atoms with Gasteiger partial charge in [0.05, 0.1) is 11.3 Å². The van der Waals surface area contributed by atoms with Gasteiger partial charge in [-0.15, -0.1) is 0 Å². The van der Waals surface area contributed by atoms with Crippen LogP contribution < -0.4 is 10.2 Å². The van der Waals surface area contributed by atoms with Crippen LogP contribution in [0.1, 0.15) is 18.1 Å². The Morgan fingerprint density at radius 2 is 1.84 bits per heavy atom. The van der Waals surface area contributed by atoms with E-state index in [1.165, 1.54) is 6.92 Å². The van der Waals surface area contributed by atoms with Crippen LogP contribution in [-0.2, 0) is 4.74 Å². The summed E-state index contributed by atoms with van der Waals surface area (Å²) in [5.74, 6) is 0.782. The van der Waals surface area contributed by atoms with E-state index in [4.69, 9.17) is 15.6 Å². The molecule has 156 valence electrons. The zero-order valence-corrected chi connectivity index (χ0v) is 17.2. The van der Waals surface area contributed by atoms with E-state index in [2.05, 4.69) is 26.3 Å². The molecule has 31 heavy (non-hydrogen) atoms. The molecular formula is C23H23N7O. The van der Waals surface area contributed by atoms with Crippen molar-refractivity contribution in [1.82, 2.24) is 15.3 Å². The number of aromatic nitrogens is 2. The molecular weight excluding hydrogens is 390 g/mol. The molecule has 0 bridgehead atoms. The minimum absolute atomic E-state index is 0.0219. The van der Waals surface area contributed by atoms with Crippen molar-refractivity contribution in [1.29, 1.82) is 16.1 Å². The molecule has 0 amide bonds. The lowest BCUT2D eigenvalue weighted by Crippen LogP contribution is -2.44. The Bertz CT molecular complexity index is 1150. The molecule has 8 nitrogen and oxygen atoms in total. The highest BCUT2D eigenvalue weighted by molar-refractivity contribution is 5.98. The van der Waals surface area contributed by atoms with Gasteiger partial charge in [-0.2, -0.15) is 5.26 Å². The standard InChI is InChI=1S/C23H23N7O/c1-15(25)31-22(26)17-4-2-16(3-5-17)20-12-18(6-7-28-20)21-13-19(14-24)23(29-21)30-10-8-27-9-11-30/h2-7,12-13,25-27,29H,8-11H2,1H3. The van der Waals surface area contributed by atoms with E-state index in [9.17, 15) is 5.26 Å². The molecule has 3 aromatic rings. The number of nitrogens with zero attached hydrogens (tertiary/aromatic N) is 3. The zero-order chi connectivity index (χ0) is 21.8. The molecule has 0 aliphatic carbocycles. The van der Waals surface area contributed by atoms with E-state index in [1.54, 1.807) is 18.3 Å². The third-order valence-electron chi connectivity index (χ3n) is 5.12. The first-order valence-electron chi connectivity index (χ1n) is 10.0. The maximum absolute atomic E-state index is 9.60. The van der Waals surface area contributed by atoms with Gasteiger partial charge in [0.25, 0.3) is 0 Å². The number of aromatic amines is 1. The Kier molecular flexibility index (Phi) is 5.78. The number of nitriles is 1. The highest BCUT2D eigenvalue weighted by atomic mass is 16.5. The van der Waals surface area contributed by atoms with Crippen LogP contribution in [0.3, 0.4) is 0 Å². The third-order valence-corrected chi connectivity index (χ3v) is 5.12. The first-order chi connectivity index (χ1) is 15.0. The summed E-state index contributed by atoms with van der Waals surface area (Å²) < 4.78 is 5.05. The maximum atomic E-state index is 9.60. The molecule has 8 heteroatoms. The first-order valence-corrected chi connectivity index (χ1v) is 10.0. The summed E-state index contributed by atoms with van der Waals surface area (Å²) in [6, 6.07) is 15.4. The summed E-state index contributed by atoms with van der Waals surface area (Å²) in [6.45, 7) is 5.01. The molecule has 0 radical (unpaired) electrons. The van der Waals surface area contributed by atoms with Gasteiger partial charge >= 0.3 is 0 Å². The van der Waals surface area contributed by atoms with E-state index in [1.807, 2.05) is 30.3 Å². The van der Waals surface area contributed by atoms with Gasteiger partial charge < -0.3 is 19.9 Å². The molecule has 0 atom stereocenters. The molecule has 4 rings (SSSR count). The van der Waals surface area contributed by atoms with Crippen molar-refractivity contribution >= 4 is 17.6 Å². The van der Waals surface area contributed by atoms with Crippen molar-refractivity contribution in [3.63, 3.8) is 0 Å². The third kappa shape index (κ3) is 4.47. The highest BCUT2D eigenvalue weighted by Crippen LogP contribution is 2.29. The van der Waals surface area contributed by atoms with Gasteiger partial charge in [-0.05, 0) is 30.3 Å². The van der Waals surface area contributed by atoms with Crippen LogP contribution in [0.2, 0.25) is 0 Å². The van der Waals surface area contributed by atoms with E-state index in [0.717, 1.165) is 54.5 Å². The summed E-state index contributed by atoms with van der Waals surface area (Å²) in [7, 11) is 0. The first kappa shape index (κ1) is 20.3. The minimum Gasteiger partial charge on any atom is -0.426 e. The number of rotatable bonds is 4. The van der Waals surface area contributed by atoms with E-state index in [0.29, 0.717) is 11.1 Å². The van der Waals surface area contributed by atoms with Crippen molar-refractivity contribution in [2.24, 2.45) is 0 Å². The Labute approximate surface area is 180 Å². The summed E-state index contributed by atoms with van der Waals surface area (Å²) in [5, 5.41) is 28.2. The average Bonchev–Trinajstić information content (AvgIpc) is 3.24. The van der Waals surface area contributed by atoms with E-state index >= 15 is 0 Å². The van der Waals surface area contributed by atoms with Crippen molar-refractivity contribution in [3.05, 3.63) is 59.8 Å². The van der Waals surface area contributed by atoms with E-state index < -0.39 is 0 Å². The molecule has 1 aliphatic rings. The molecule has 1 fully saturated rings. The molecule has 2 aromatic heterocycles. The lowest BCUT2D eigenvalue weighted by molar-refractivity contribution is 0.532. The quantitative estimate of drug-likeness (QED) is 0.386. The molecule has 0 spiro atoms. The lowest BCUT2D eigenvalue weighted by Gasteiger charge is -2.28. The number of benzene rings is 1. The van der Waals surface area contributed by atoms with Gasteiger partial charge in [-0.25, -0.2) is 0 Å². The normalized spacial score (nSPS) is 13.5. The Hall–Kier alpha value is -3.96. The fraction of sp³-hybridized carbons (Fsp3) is 0.217. The lowest BCUT2D eigenvalue weighted by atomic mass is 10.1. The zero-order valence-electron chi connectivity index (χ0n) is 17.2. The van der Waals surface area contributed by atoms with Gasteiger partial charge in [0.2, 0.25) is 5.90 Å². The van der Waals surface area contributed by atoms with Gasteiger partial charge in [-0.1, -0.05) is 12.1 Å². The second kappa shape index (κ2) is 8.81. The van der Waals surface area contributed by atoms with Crippen LogP contribution in [0.25, 0.3) is 22.5 Å². The fourth-order valence-electron chi connectivity index (χ4n) is 3.58. The molecule has 1 saturated heterocycles. The van der Waals surface area contributed by atoms with Gasteiger partial charge in [0, 0.05) is 61.7 Å². The molecule has 1 aromatic carbocycles. The average molecular weight is 413 g/mol. The number of hydrogen-bond donors (Lipinski definition) is 4. The number of nitrogens with one attached hydrogen (secondary N) is 4. The van der Waals surface area contributed by atoms with Gasteiger partial charge in [-0.3, -0.25) is 15.8 Å². The van der Waals surface area contributed by atoms with Crippen molar-refractivity contribution in [2.75, 3.05) is 31.1 Å². The van der Waals surface area contributed by atoms with Crippen molar-refractivity contribution in [3.8, 4) is 28.6 Å². The minimum atomic E-state index is -0.0587. The predicted molar refractivity (Wildman–Crippen MR) is 121 cm³/mol. The van der Waals surface area contributed by atoms with Gasteiger partial charge in [0.15, 0.2) is 5.90 Å². The second-order valence-electron chi connectivity index (χ2n) is 7.29. The molecule has 4 N–H and O–H groups in total. The van der Waals surface area contributed by atoms with Crippen LogP contribution in [0.5, 0.6) is 0 Å². The monoisotopic (exact) mass is 413 g/mol. The van der Waals surface area contributed by atoms with Crippen LogP contribution in [0, 0.1) is 22.1 Å². The molecule has 3 heterocycles. The van der Waals surface area contributed by atoms with Crippen LogP contribution >= 0.6 is 0 Å². The molecule has 1 aliphatic heterocycles. The largest absolute Gasteiger partial charge is 0.426 e. The van der Waals surface area contributed by atoms with Crippen LogP contribution in [-0.4, -0.2) is 47.9 Å². The number of piperazine rings is 1. The van der Waals surface area contributed by atoms with Crippen LogP contribution in [0.4, 0.5) is 5.82 Å². The molecule has 0 unspecified atom stereocenters. The maximum Gasteiger partial charge on any atom is 0.220 e. The molecule has 0 saturated carbocycles. The Balaban J connectivity index is 1.60. The number of pyridine rings is 1. The Morgan fingerprint density at radius 3 is 2.52 bits per heavy atom. The Morgan fingerprint density at radius 1 is 1.10 bits per heavy atom. The van der Waals surface area contributed by atoms with Gasteiger partial charge in [0.1, 0.15) is 11.9 Å². The van der Waals surface area contributed by atoms with Crippen molar-refractivity contribution < 1.29 is 4.74 Å². The second-order valence-corrected chi connectivity index (χ2v) is 7.29. The van der Waals surface area contributed by atoms with Crippen molar-refractivity contribution in [2.45, 2.75) is 6.92 Å². The summed E-state index contributed by atoms with van der Waals surface area (Å²) in [5.41, 5.74) is 4.75. The number of anilines is 1. The van der Waals surface area contributed by atoms with E-state index in [-0.39, 0.29) is 11.8 Å². The number of ether oxygens (including phenoxy) is 1. The topological polar surface area (TPSA) is 125 Å². The number of hydrogen-bond acceptors (Lipinski definition) is 7. The predicted octanol–water partition coefficient (Wildman–Crippen LogP) is 3.36. The smallest absolute Gasteiger partial charge is 0.220 e. The number of H-pyrrole nitrogens is 1. The SMILES string of the molecule is CC(=N)OC(=N)c1ccc(-c2cc(-c3cc(C#N)c(N4CCNCC4)[nH]3)ccn2)cc1. The summed E-state index contributed by atoms with van der Waals surface area (Å²) in [4.78, 5) is 10.1. The summed E-state index contributed by atoms with van der Waals surface area (Å²) in [6.07, 6.45) is 1.75.